The van der Waals surface area contributed by atoms with Crippen LogP contribution >= 0.6 is 0 Å². The van der Waals surface area contributed by atoms with Crippen LogP contribution in [0.1, 0.15) is 25.7 Å². The van der Waals surface area contributed by atoms with Gasteiger partial charge >= 0.3 is 5.97 Å². The molecule has 0 aromatic rings. The van der Waals surface area contributed by atoms with E-state index in [1.807, 2.05) is 6.07 Å². The van der Waals surface area contributed by atoms with E-state index in [0.29, 0.717) is 25.7 Å². The molecule has 0 aromatic carbocycles. The summed E-state index contributed by atoms with van der Waals surface area (Å²) in [4.78, 5) is 10.8. The highest BCUT2D eigenvalue weighted by Gasteiger charge is 2.41. The maximum absolute atomic E-state index is 10.8. The van der Waals surface area contributed by atoms with E-state index in [1.54, 1.807) is 0 Å². The third-order valence-electron chi connectivity index (χ3n) is 2.51. The first-order chi connectivity index (χ1) is 5.60. The van der Waals surface area contributed by atoms with E-state index in [9.17, 15) is 4.79 Å². The number of rotatable bonds is 1. The van der Waals surface area contributed by atoms with E-state index in [4.69, 9.17) is 16.1 Å². The third-order valence-corrected chi connectivity index (χ3v) is 2.51. The first-order valence-electron chi connectivity index (χ1n) is 4.01. The molecule has 0 bridgehead atoms. The van der Waals surface area contributed by atoms with E-state index in [1.165, 1.54) is 0 Å². The number of nitriles is 1. The maximum atomic E-state index is 10.8. The molecule has 0 radical (unpaired) electrons. The second kappa shape index (κ2) is 3.11. The molecule has 0 heterocycles. The van der Waals surface area contributed by atoms with E-state index in [0.717, 1.165) is 0 Å². The lowest BCUT2D eigenvalue weighted by molar-refractivity contribution is -0.147. The zero-order chi connectivity index (χ0) is 9.19. The van der Waals surface area contributed by atoms with Gasteiger partial charge in [-0.1, -0.05) is 0 Å². The molecular weight excluding hydrogens is 156 g/mol. The van der Waals surface area contributed by atoms with Gasteiger partial charge in [0.25, 0.3) is 0 Å². The Kier molecular flexibility index (Phi) is 2.34. The zero-order valence-electron chi connectivity index (χ0n) is 6.79. The number of nitrogens with two attached hydrogens (primary N) is 1. The molecule has 0 saturated heterocycles. The van der Waals surface area contributed by atoms with Crippen molar-refractivity contribution in [3.63, 3.8) is 0 Å². The highest BCUT2D eigenvalue weighted by molar-refractivity contribution is 5.78. The molecule has 3 N–H and O–H groups in total. The normalized spacial score (nSPS) is 35.5. The van der Waals surface area contributed by atoms with Crippen molar-refractivity contribution >= 4 is 5.97 Å². The molecular formula is C8H12N2O2. The van der Waals surface area contributed by atoms with Crippen molar-refractivity contribution in [1.82, 2.24) is 0 Å². The van der Waals surface area contributed by atoms with Gasteiger partial charge in [-0.25, -0.2) is 0 Å². The molecule has 12 heavy (non-hydrogen) atoms. The van der Waals surface area contributed by atoms with Crippen LogP contribution in [-0.2, 0) is 4.79 Å². The SMILES string of the molecule is N#CC1(C(=O)O)CCC(N)CC1. The highest BCUT2D eigenvalue weighted by Crippen LogP contribution is 2.35. The summed E-state index contributed by atoms with van der Waals surface area (Å²) in [7, 11) is 0. The van der Waals surface area contributed by atoms with Gasteiger partial charge in [-0.15, -0.1) is 0 Å². The quantitative estimate of drug-likeness (QED) is 0.596. The number of hydrogen-bond acceptors (Lipinski definition) is 3. The lowest BCUT2D eigenvalue weighted by Crippen LogP contribution is -2.38. The third kappa shape index (κ3) is 1.41. The molecule has 1 fully saturated rings. The standard InChI is InChI=1S/C8H12N2O2/c9-5-8(7(11)12)3-1-6(10)2-4-8/h6H,1-4,10H2,(H,11,12). The highest BCUT2D eigenvalue weighted by atomic mass is 16.4. The smallest absolute Gasteiger partial charge is 0.324 e. The molecule has 66 valence electrons. The number of carbonyl (C=O) groups is 1. The monoisotopic (exact) mass is 168 g/mol. The number of carboxylic acids is 1. The van der Waals surface area contributed by atoms with E-state index < -0.39 is 11.4 Å². The zero-order valence-corrected chi connectivity index (χ0v) is 6.79. The van der Waals surface area contributed by atoms with Gasteiger partial charge in [0.15, 0.2) is 5.41 Å². The topological polar surface area (TPSA) is 87.1 Å². The van der Waals surface area contributed by atoms with Crippen LogP contribution in [0.5, 0.6) is 0 Å². The molecule has 0 atom stereocenters. The summed E-state index contributed by atoms with van der Waals surface area (Å²) in [6, 6.07) is 1.96. The minimum Gasteiger partial charge on any atom is -0.480 e. The Balaban J connectivity index is 2.72. The first-order valence-corrected chi connectivity index (χ1v) is 4.01. The van der Waals surface area contributed by atoms with Crippen molar-refractivity contribution in [2.75, 3.05) is 0 Å². The van der Waals surface area contributed by atoms with Crippen LogP contribution in [0.2, 0.25) is 0 Å². The van der Waals surface area contributed by atoms with Crippen LogP contribution in [0.3, 0.4) is 0 Å². The fourth-order valence-corrected chi connectivity index (χ4v) is 1.51. The molecule has 1 rings (SSSR count). The summed E-state index contributed by atoms with van der Waals surface area (Å²) < 4.78 is 0. The van der Waals surface area contributed by atoms with Crippen molar-refractivity contribution in [3.05, 3.63) is 0 Å². The minimum atomic E-state index is -1.16. The van der Waals surface area contributed by atoms with Crippen LogP contribution in [0, 0.1) is 16.7 Å². The lowest BCUT2D eigenvalue weighted by Gasteiger charge is -2.29. The largest absolute Gasteiger partial charge is 0.480 e. The number of nitrogens with zero attached hydrogens (tertiary/aromatic N) is 1. The van der Waals surface area contributed by atoms with Gasteiger partial charge in [0, 0.05) is 6.04 Å². The van der Waals surface area contributed by atoms with Gasteiger partial charge in [0.2, 0.25) is 0 Å². The Morgan fingerprint density at radius 1 is 1.58 bits per heavy atom. The molecule has 0 amide bonds. The molecule has 0 unspecified atom stereocenters. The second-order valence-electron chi connectivity index (χ2n) is 3.34. The summed E-state index contributed by atoms with van der Waals surface area (Å²) in [5.41, 5.74) is 4.45. The van der Waals surface area contributed by atoms with E-state index >= 15 is 0 Å². The molecule has 0 spiro atoms. The average molecular weight is 168 g/mol. The lowest BCUT2D eigenvalue weighted by atomic mass is 9.74. The fourth-order valence-electron chi connectivity index (χ4n) is 1.51. The van der Waals surface area contributed by atoms with Crippen LogP contribution in [0.4, 0.5) is 0 Å². The van der Waals surface area contributed by atoms with E-state index in [-0.39, 0.29) is 6.04 Å². The predicted molar refractivity (Wildman–Crippen MR) is 42.1 cm³/mol. The first kappa shape index (κ1) is 9.01. The maximum Gasteiger partial charge on any atom is 0.324 e. The summed E-state index contributed by atoms with van der Waals surface area (Å²) in [6.45, 7) is 0. The van der Waals surface area contributed by atoms with Crippen molar-refractivity contribution < 1.29 is 9.90 Å². The molecule has 4 nitrogen and oxygen atoms in total. The average Bonchev–Trinajstić information content (AvgIpc) is 2.06. The Hall–Kier alpha value is -1.08. The molecule has 1 aliphatic carbocycles. The van der Waals surface area contributed by atoms with Crippen LogP contribution in [0.25, 0.3) is 0 Å². The molecule has 1 saturated carbocycles. The van der Waals surface area contributed by atoms with Crippen molar-refractivity contribution in [3.8, 4) is 6.07 Å². The van der Waals surface area contributed by atoms with Gasteiger partial charge in [0.1, 0.15) is 0 Å². The Morgan fingerprint density at radius 3 is 2.42 bits per heavy atom. The van der Waals surface area contributed by atoms with Crippen molar-refractivity contribution in [2.45, 2.75) is 31.7 Å². The Morgan fingerprint density at radius 2 is 2.08 bits per heavy atom. The predicted octanol–water partition coefficient (Wildman–Crippen LogP) is 0.482. The van der Waals surface area contributed by atoms with Gasteiger partial charge in [-0.05, 0) is 25.7 Å². The second-order valence-corrected chi connectivity index (χ2v) is 3.34. The van der Waals surface area contributed by atoms with Gasteiger partial charge in [-0.3, -0.25) is 4.79 Å². The Labute approximate surface area is 71.0 Å². The fraction of sp³-hybridized carbons (Fsp3) is 0.750. The van der Waals surface area contributed by atoms with Crippen molar-refractivity contribution in [2.24, 2.45) is 11.1 Å². The summed E-state index contributed by atoms with van der Waals surface area (Å²) in [6.07, 6.45) is 2.06. The number of aliphatic carboxylic acids is 1. The van der Waals surface area contributed by atoms with Crippen LogP contribution < -0.4 is 5.73 Å². The number of hydrogen-bond donors (Lipinski definition) is 2. The van der Waals surface area contributed by atoms with Crippen LogP contribution in [-0.4, -0.2) is 17.1 Å². The van der Waals surface area contributed by atoms with Crippen LogP contribution in [0.15, 0.2) is 0 Å². The summed E-state index contributed by atoms with van der Waals surface area (Å²) in [5.74, 6) is -1.00. The number of carboxylic acid groups (broad SMARTS) is 1. The van der Waals surface area contributed by atoms with Gasteiger partial charge < -0.3 is 10.8 Å². The molecule has 0 aliphatic heterocycles. The molecule has 0 aromatic heterocycles. The summed E-state index contributed by atoms with van der Waals surface area (Å²) in [5, 5.41) is 17.5. The minimum absolute atomic E-state index is 0.0748. The van der Waals surface area contributed by atoms with E-state index in [2.05, 4.69) is 0 Å². The van der Waals surface area contributed by atoms with Gasteiger partial charge in [0.05, 0.1) is 6.07 Å². The van der Waals surface area contributed by atoms with Crippen molar-refractivity contribution in [1.29, 1.82) is 5.26 Å². The summed E-state index contributed by atoms with van der Waals surface area (Å²) >= 11 is 0. The Bertz CT molecular complexity index is 224. The molecule has 4 heteroatoms. The molecule has 1 aliphatic rings. The van der Waals surface area contributed by atoms with Gasteiger partial charge in [-0.2, -0.15) is 5.26 Å².